The summed E-state index contributed by atoms with van der Waals surface area (Å²) in [7, 11) is 0. The minimum absolute atomic E-state index is 0.198. The molecule has 6 rings (SSSR count). The van der Waals surface area contributed by atoms with Crippen molar-refractivity contribution in [3.05, 3.63) is 77.8 Å². The molecule has 3 N–H and O–H groups in total. The fourth-order valence-corrected chi connectivity index (χ4v) is 4.21. The summed E-state index contributed by atoms with van der Waals surface area (Å²) in [4.78, 5) is 19.6. The zero-order valence-electron chi connectivity index (χ0n) is 19.5. The molecule has 0 bridgehead atoms. The predicted octanol–water partition coefficient (Wildman–Crippen LogP) is 2.81. The Morgan fingerprint density at radius 1 is 1.03 bits per heavy atom. The molecule has 11 heteroatoms. The Kier molecular flexibility index (Phi) is 5.88. The second-order valence-corrected chi connectivity index (χ2v) is 8.55. The number of anilines is 2. The highest BCUT2D eigenvalue weighted by molar-refractivity contribution is 5.52. The van der Waals surface area contributed by atoms with Crippen LogP contribution in [0.4, 0.5) is 11.9 Å². The SMILES string of the molecule is Nc1nc(NCCc2ccc(OCCN3Cc4ccncc4C3)cc2)nc2nc(-c3ccco3)nn12. The van der Waals surface area contributed by atoms with Crippen LogP contribution in [0.15, 0.2) is 65.5 Å². The molecule has 0 radical (unpaired) electrons. The van der Waals surface area contributed by atoms with Gasteiger partial charge in [-0.05, 0) is 53.4 Å². The van der Waals surface area contributed by atoms with Gasteiger partial charge in [-0.2, -0.15) is 19.5 Å². The van der Waals surface area contributed by atoms with Crippen LogP contribution in [0.25, 0.3) is 17.4 Å². The highest BCUT2D eigenvalue weighted by Crippen LogP contribution is 2.21. The lowest BCUT2D eigenvalue weighted by Gasteiger charge is -2.15. The largest absolute Gasteiger partial charge is 0.492 e. The van der Waals surface area contributed by atoms with E-state index in [-0.39, 0.29) is 5.95 Å². The first kappa shape index (κ1) is 22.0. The van der Waals surface area contributed by atoms with Gasteiger partial charge in [0.2, 0.25) is 17.7 Å². The topological polar surface area (TPSA) is 133 Å². The van der Waals surface area contributed by atoms with Crippen LogP contribution in [-0.2, 0) is 19.5 Å². The molecule has 1 aromatic carbocycles. The van der Waals surface area contributed by atoms with Crippen LogP contribution >= 0.6 is 0 Å². The van der Waals surface area contributed by atoms with Gasteiger partial charge in [-0.1, -0.05) is 12.1 Å². The van der Waals surface area contributed by atoms with Crippen LogP contribution < -0.4 is 15.8 Å². The molecule has 5 heterocycles. The third kappa shape index (κ3) is 4.68. The molecule has 0 saturated carbocycles. The van der Waals surface area contributed by atoms with Gasteiger partial charge >= 0.3 is 0 Å². The summed E-state index contributed by atoms with van der Waals surface area (Å²) in [5.41, 5.74) is 9.89. The monoisotopic (exact) mass is 483 g/mol. The third-order valence-electron chi connectivity index (χ3n) is 6.06. The first-order chi connectivity index (χ1) is 17.7. The number of rotatable bonds is 9. The quantitative estimate of drug-likeness (QED) is 0.322. The van der Waals surface area contributed by atoms with Crippen LogP contribution in [0.2, 0.25) is 0 Å². The Labute approximate surface area is 207 Å². The van der Waals surface area contributed by atoms with E-state index in [0.29, 0.717) is 36.5 Å². The van der Waals surface area contributed by atoms with Gasteiger partial charge in [0.05, 0.1) is 6.26 Å². The Morgan fingerprint density at radius 2 is 1.92 bits per heavy atom. The molecule has 11 nitrogen and oxygen atoms in total. The zero-order valence-corrected chi connectivity index (χ0v) is 19.5. The molecule has 1 aliphatic rings. The number of fused-ring (bicyclic) bond motifs is 2. The lowest BCUT2D eigenvalue weighted by Crippen LogP contribution is -2.22. The van der Waals surface area contributed by atoms with Gasteiger partial charge in [-0.25, -0.2) is 0 Å². The Morgan fingerprint density at radius 3 is 2.75 bits per heavy atom. The summed E-state index contributed by atoms with van der Waals surface area (Å²) < 4.78 is 12.7. The molecular formula is C25H25N9O2. The van der Waals surface area contributed by atoms with E-state index in [1.807, 2.05) is 24.5 Å². The number of furan rings is 1. The van der Waals surface area contributed by atoms with Crippen LogP contribution in [0.3, 0.4) is 0 Å². The predicted molar refractivity (Wildman–Crippen MR) is 133 cm³/mol. The summed E-state index contributed by atoms with van der Waals surface area (Å²) in [5.74, 6) is 2.77. The molecule has 36 heavy (non-hydrogen) atoms. The van der Waals surface area contributed by atoms with E-state index in [4.69, 9.17) is 14.9 Å². The van der Waals surface area contributed by atoms with Crippen LogP contribution in [0.1, 0.15) is 16.7 Å². The average Bonchev–Trinajstić information content (AvgIpc) is 3.64. The van der Waals surface area contributed by atoms with E-state index in [1.54, 1.807) is 18.4 Å². The van der Waals surface area contributed by atoms with Gasteiger partial charge in [-0.3, -0.25) is 9.88 Å². The maximum absolute atomic E-state index is 6.04. The molecule has 0 spiro atoms. The van der Waals surface area contributed by atoms with E-state index in [0.717, 1.165) is 31.8 Å². The van der Waals surface area contributed by atoms with Gasteiger partial charge < -0.3 is 20.2 Å². The van der Waals surface area contributed by atoms with Crippen LogP contribution in [-0.4, -0.2) is 54.1 Å². The summed E-state index contributed by atoms with van der Waals surface area (Å²) in [5, 5.41) is 7.51. The van der Waals surface area contributed by atoms with Crippen LogP contribution in [0, 0.1) is 0 Å². The molecular weight excluding hydrogens is 458 g/mol. The molecule has 4 aromatic heterocycles. The number of nitrogens with zero attached hydrogens (tertiary/aromatic N) is 7. The number of aromatic nitrogens is 6. The van der Waals surface area contributed by atoms with Crippen molar-refractivity contribution in [2.75, 3.05) is 30.7 Å². The summed E-state index contributed by atoms with van der Waals surface area (Å²) in [6.07, 6.45) is 6.16. The summed E-state index contributed by atoms with van der Waals surface area (Å²) in [6, 6.07) is 13.8. The molecule has 0 atom stereocenters. The number of pyridine rings is 1. The molecule has 0 amide bonds. The highest BCUT2D eigenvalue weighted by Gasteiger charge is 2.18. The van der Waals surface area contributed by atoms with E-state index < -0.39 is 0 Å². The first-order valence-electron chi connectivity index (χ1n) is 11.8. The summed E-state index contributed by atoms with van der Waals surface area (Å²) >= 11 is 0. The Hall–Kier alpha value is -4.51. The molecule has 0 aliphatic carbocycles. The van der Waals surface area contributed by atoms with Gasteiger partial charge in [0.25, 0.3) is 5.78 Å². The van der Waals surface area contributed by atoms with Crippen molar-refractivity contribution in [2.24, 2.45) is 0 Å². The number of nitrogens with one attached hydrogen (secondary N) is 1. The number of hydrogen-bond acceptors (Lipinski definition) is 10. The maximum Gasteiger partial charge on any atom is 0.259 e. The second-order valence-electron chi connectivity index (χ2n) is 8.55. The Bertz CT molecular complexity index is 1440. The maximum atomic E-state index is 6.04. The standard InChI is InChI=1S/C25H25N9O2/c26-23-30-24(31-25-29-22(32-34(23)25)21-2-1-12-36-21)28-10-7-17-3-5-20(6-4-17)35-13-11-33-15-18-8-9-27-14-19(18)16-33/h1-6,8-9,12,14H,7,10-11,13,15-16H2,(H3,26,28,29,30,31,32). The van der Waals surface area contributed by atoms with E-state index >= 15 is 0 Å². The lowest BCUT2D eigenvalue weighted by molar-refractivity contribution is 0.211. The average molecular weight is 484 g/mol. The lowest BCUT2D eigenvalue weighted by atomic mass is 10.1. The number of hydrogen-bond donors (Lipinski definition) is 2. The van der Waals surface area contributed by atoms with Gasteiger partial charge in [0.1, 0.15) is 12.4 Å². The van der Waals surface area contributed by atoms with Crippen LogP contribution in [0.5, 0.6) is 5.75 Å². The first-order valence-corrected chi connectivity index (χ1v) is 11.8. The Balaban J connectivity index is 0.982. The van der Waals surface area contributed by atoms with Gasteiger partial charge in [0.15, 0.2) is 5.76 Å². The summed E-state index contributed by atoms with van der Waals surface area (Å²) in [6.45, 7) is 4.05. The third-order valence-corrected chi connectivity index (χ3v) is 6.06. The highest BCUT2D eigenvalue weighted by atomic mass is 16.5. The number of nitrogens with two attached hydrogens (primary N) is 1. The molecule has 0 saturated heterocycles. The van der Waals surface area contributed by atoms with Crippen molar-refractivity contribution in [3.63, 3.8) is 0 Å². The number of benzene rings is 1. The fourth-order valence-electron chi connectivity index (χ4n) is 4.21. The van der Waals surface area contributed by atoms with E-state index in [9.17, 15) is 0 Å². The molecule has 182 valence electrons. The van der Waals surface area contributed by atoms with Crippen molar-refractivity contribution in [3.8, 4) is 17.3 Å². The molecule has 0 unspecified atom stereocenters. The number of nitrogen functional groups attached to an aromatic ring is 1. The zero-order chi connectivity index (χ0) is 24.3. The molecule has 5 aromatic rings. The smallest absolute Gasteiger partial charge is 0.259 e. The molecule has 0 fully saturated rings. The van der Waals surface area contributed by atoms with Gasteiger partial charge in [-0.15, -0.1) is 5.10 Å². The minimum Gasteiger partial charge on any atom is -0.492 e. The van der Waals surface area contributed by atoms with Crippen molar-refractivity contribution >= 4 is 17.7 Å². The minimum atomic E-state index is 0.198. The fraction of sp³-hybridized carbons (Fsp3) is 0.240. The van der Waals surface area contributed by atoms with Crippen molar-refractivity contribution < 1.29 is 9.15 Å². The molecule has 1 aliphatic heterocycles. The normalized spacial score (nSPS) is 13.2. The van der Waals surface area contributed by atoms with Crippen molar-refractivity contribution in [1.82, 2.24) is 34.4 Å². The number of ether oxygens (including phenoxy) is 1. The second kappa shape index (κ2) is 9.62. The van der Waals surface area contributed by atoms with E-state index in [2.05, 4.69) is 53.5 Å². The van der Waals surface area contributed by atoms with Gasteiger partial charge in [0, 0.05) is 38.6 Å². The van der Waals surface area contributed by atoms with Crippen molar-refractivity contribution in [1.29, 1.82) is 0 Å². The van der Waals surface area contributed by atoms with Crippen molar-refractivity contribution in [2.45, 2.75) is 19.5 Å². The van der Waals surface area contributed by atoms with E-state index in [1.165, 1.54) is 21.2 Å².